The number of carbonyl (C=O) groups is 2. The van der Waals surface area contributed by atoms with Gasteiger partial charge in [0.05, 0.1) is 7.11 Å². The molecule has 0 aliphatic rings. The first-order chi connectivity index (χ1) is 17.6. The van der Waals surface area contributed by atoms with E-state index in [1.807, 2.05) is 84.9 Å². The SMILES string of the molecule is CCCCCNC(=O)[C@H](Cc1ccccc1)N(Cc1ccc(OC)cc1)C(=O)CCc1ccccc1. The van der Waals surface area contributed by atoms with Gasteiger partial charge in [-0.2, -0.15) is 0 Å². The molecule has 36 heavy (non-hydrogen) atoms. The standard InChI is InChI=1S/C31H38N2O3/c1-3-4-11-22-32-31(35)29(23-26-14-9-6-10-15-26)33(24-27-16-19-28(36-2)20-17-27)30(34)21-18-25-12-7-5-8-13-25/h5-10,12-17,19-20,29H,3-4,11,18,21-24H2,1-2H3,(H,32,35)/t29-/m0/s1. The van der Waals surface area contributed by atoms with Crippen LogP contribution in [0.5, 0.6) is 5.75 Å². The van der Waals surface area contributed by atoms with Crippen LogP contribution in [0.4, 0.5) is 0 Å². The summed E-state index contributed by atoms with van der Waals surface area (Å²) in [5, 5.41) is 3.10. The Hall–Kier alpha value is -3.60. The van der Waals surface area contributed by atoms with Crippen molar-refractivity contribution in [3.8, 4) is 5.75 Å². The third-order valence-electron chi connectivity index (χ3n) is 6.33. The van der Waals surface area contributed by atoms with Crippen molar-refractivity contribution < 1.29 is 14.3 Å². The topological polar surface area (TPSA) is 58.6 Å². The Balaban J connectivity index is 1.86. The third-order valence-corrected chi connectivity index (χ3v) is 6.33. The molecular formula is C31H38N2O3. The summed E-state index contributed by atoms with van der Waals surface area (Å²) in [6.07, 6.45) is 4.53. The molecule has 0 aliphatic carbocycles. The van der Waals surface area contributed by atoms with Crippen LogP contribution in [0, 0.1) is 0 Å². The summed E-state index contributed by atoms with van der Waals surface area (Å²) in [4.78, 5) is 28.9. The summed E-state index contributed by atoms with van der Waals surface area (Å²) < 4.78 is 5.29. The second-order valence-corrected chi connectivity index (χ2v) is 9.06. The molecule has 0 unspecified atom stereocenters. The van der Waals surface area contributed by atoms with E-state index >= 15 is 0 Å². The fourth-order valence-electron chi connectivity index (χ4n) is 4.23. The van der Waals surface area contributed by atoms with Crippen LogP contribution in [-0.4, -0.2) is 36.4 Å². The molecule has 5 nitrogen and oxygen atoms in total. The lowest BCUT2D eigenvalue weighted by molar-refractivity contribution is -0.141. The summed E-state index contributed by atoms with van der Waals surface area (Å²) in [5.74, 6) is 0.631. The molecule has 1 N–H and O–H groups in total. The van der Waals surface area contributed by atoms with Gasteiger partial charge in [0.1, 0.15) is 11.8 Å². The molecular weight excluding hydrogens is 448 g/mol. The monoisotopic (exact) mass is 486 g/mol. The molecule has 0 saturated heterocycles. The Morgan fingerprint density at radius 3 is 2.08 bits per heavy atom. The van der Waals surface area contributed by atoms with E-state index < -0.39 is 6.04 Å². The summed E-state index contributed by atoms with van der Waals surface area (Å²) >= 11 is 0. The van der Waals surface area contributed by atoms with Crippen LogP contribution >= 0.6 is 0 Å². The highest BCUT2D eigenvalue weighted by atomic mass is 16.5. The molecule has 3 rings (SSSR count). The number of carbonyl (C=O) groups excluding carboxylic acids is 2. The molecule has 2 amide bonds. The van der Waals surface area contributed by atoms with E-state index in [-0.39, 0.29) is 11.8 Å². The van der Waals surface area contributed by atoms with Crippen LogP contribution in [0.3, 0.4) is 0 Å². The summed E-state index contributed by atoms with van der Waals surface area (Å²) in [5.41, 5.74) is 3.10. The zero-order valence-corrected chi connectivity index (χ0v) is 21.5. The number of aryl methyl sites for hydroxylation is 1. The minimum Gasteiger partial charge on any atom is -0.497 e. The Labute approximate surface area is 215 Å². The highest BCUT2D eigenvalue weighted by Crippen LogP contribution is 2.19. The van der Waals surface area contributed by atoms with Crippen molar-refractivity contribution in [1.29, 1.82) is 0 Å². The number of amides is 2. The van der Waals surface area contributed by atoms with E-state index in [4.69, 9.17) is 4.74 Å². The van der Waals surface area contributed by atoms with Crippen LogP contribution in [0.2, 0.25) is 0 Å². The van der Waals surface area contributed by atoms with Crippen molar-refractivity contribution in [1.82, 2.24) is 10.2 Å². The van der Waals surface area contributed by atoms with Gasteiger partial charge in [0.2, 0.25) is 11.8 Å². The number of hydrogen-bond donors (Lipinski definition) is 1. The maximum absolute atomic E-state index is 13.7. The Kier molecular flexibility index (Phi) is 11.0. The second-order valence-electron chi connectivity index (χ2n) is 9.06. The zero-order chi connectivity index (χ0) is 25.6. The van der Waals surface area contributed by atoms with E-state index in [1.54, 1.807) is 12.0 Å². The van der Waals surface area contributed by atoms with Crippen molar-refractivity contribution >= 4 is 11.8 Å². The predicted octanol–water partition coefficient (Wildman–Crippen LogP) is 5.57. The fraction of sp³-hybridized carbons (Fsp3) is 0.355. The number of unbranched alkanes of at least 4 members (excludes halogenated alkanes) is 2. The van der Waals surface area contributed by atoms with Gasteiger partial charge in [0, 0.05) is 25.9 Å². The molecule has 5 heteroatoms. The van der Waals surface area contributed by atoms with Crippen molar-refractivity contribution in [2.75, 3.05) is 13.7 Å². The predicted molar refractivity (Wildman–Crippen MR) is 145 cm³/mol. The molecule has 0 spiro atoms. The quantitative estimate of drug-likeness (QED) is 0.303. The molecule has 0 fully saturated rings. The van der Waals surface area contributed by atoms with Crippen LogP contribution in [-0.2, 0) is 29.0 Å². The van der Waals surface area contributed by atoms with Gasteiger partial charge < -0.3 is 15.0 Å². The van der Waals surface area contributed by atoms with Crippen molar-refractivity contribution in [2.24, 2.45) is 0 Å². The second kappa shape index (κ2) is 14.7. The van der Waals surface area contributed by atoms with E-state index in [9.17, 15) is 9.59 Å². The Morgan fingerprint density at radius 1 is 0.833 bits per heavy atom. The van der Waals surface area contributed by atoms with Gasteiger partial charge in [0.25, 0.3) is 0 Å². The number of ether oxygens (including phenoxy) is 1. The number of methoxy groups -OCH3 is 1. The molecule has 1 atom stereocenters. The number of rotatable bonds is 14. The third kappa shape index (κ3) is 8.56. The van der Waals surface area contributed by atoms with Gasteiger partial charge in [-0.15, -0.1) is 0 Å². The first kappa shape index (κ1) is 27.0. The lowest BCUT2D eigenvalue weighted by atomic mass is 10.0. The molecule has 190 valence electrons. The van der Waals surface area contributed by atoms with Crippen LogP contribution in [0.15, 0.2) is 84.9 Å². The van der Waals surface area contributed by atoms with E-state index in [0.29, 0.717) is 32.4 Å². The first-order valence-corrected chi connectivity index (χ1v) is 12.9. The first-order valence-electron chi connectivity index (χ1n) is 12.9. The van der Waals surface area contributed by atoms with E-state index in [1.165, 1.54) is 0 Å². The summed E-state index contributed by atoms with van der Waals surface area (Å²) in [6.45, 7) is 3.12. The highest BCUT2D eigenvalue weighted by molar-refractivity contribution is 5.88. The molecule has 0 radical (unpaired) electrons. The molecule has 0 bridgehead atoms. The average molecular weight is 487 g/mol. The van der Waals surface area contributed by atoms with Gasteiger partial charge in [-0.3, -0.25) is 9.59 Å². The largest absolute Gasteiger partial charge is 0.497 e. The molecule has 3 aromatic carbocycles. The van der Waals surface area contributed by atoms with Gasteiger partial charge in [-0.25, -0.2) is 0 Å². The van der Waals surface area contributed by atoms with E-state index in [2.05, 4.69) is 12.2 Å². The maximum Gasteiger partial charge on any atom is 0.243 e. The summed E-state index contributed by atoms with van der Waals surface area (Å²) in [7, 11) is 1.63. The van der Waals surface area contributed by atoms with Crippen LogP contribution in [0.25, 0.3) is 0 Å². The lowest BCUT2D eigenvalue weighted by Crippen LogP contribution is -2.50. The number of benzene rings is 3. The minimum absolute atomic E-state index is 0.0284. The van der Waals surface area contributed by atoms with Gasteiger partial charge in [-0.05, 0) is 41.7 Å². The van der Waals surface area contributed by atoms with Gasteiger partial charge >= 0.3 is 0 Å². The molecule has 0 aromatic heterocycles. The minimum atomic E-state index is -0.598. The van der Waals surface area contributed by atoms with Crippen molar-refractivity contribution in [3.05, 3.63) is 102 Å². The maximum atomic E-state index is 13.7. The molecule has 3 aromatic rings. The van der Waals surface area contributed by atoms with Gasteiger partial charge in [0.15, 0.2) is 0 Å². The van der Waals surface area contributed by atoms with E-state index in [0.717, 1.165) is 41.7 Å². The van der Waals surface area contributed by atoms with Crippen LogP contribution < -0.4 is 10.1 Å². The van der Waals surface area contributed by atoms with Crippen LogP contribution in [0.1, 0.15) is 49.3 Å². The normalized spacial score (nSPS) is 11.5. The average Bonchev–Trinajstić information content (AvgIpc) is 2.93. The Bertz CT molecular complexity index is 1050. The number of nitrogens with zero attached hydrogens (tertiary/aromatic N) is 1. The zero-order valence-electron chi connectivity index (χ0n) is 21.5. The number of nitrogens with one attached hydrogen (secondary N) is 1. The van der Waals surface area contributed by atoms with Gasteiger partial charge in [-0.1, -0.05) is 92.6 Å². The number of hydrogen-bond acceptors (Lipinski definition) is 3. The fourth-order valence-corrected chi connectivity index (χ4v) is 4.23. The lowest BCUT2D eigenvalue weighted by Gasteiger charge is -2.32. The molecule has 0 heterocycles. The molecule has 0 saturated carbocycles. The molecule has 0 aliphatic heterocycles. The van der Waals surface area contributed by atoms with Crippen molar-refractivity contribution in [3.63, 3.8) is 0 Å². The summed E-state index contributed by atoms with van der Waals surface area (Å²) in [6, 6.07) is 27.0. The smallest absolute Gasteiger partial charge is 0.243 e. The Morgan fingerprint density at radius 2 is 1.47 bits per heavy atom. The highest BCUT2D eigenvalue weighted by Gasteiger charge is 2.30. The van der Waals surface area contributed by atoms with Crippen molar-refractivity contribution in [2.45, 2.75) is 58.0 Å².